The molecule has 4 N–H and O–H groups in total. The molecule has 0 aliphatic carbocycles. The molecule has 0 fully saturated rings. The van der Waals surface area contributed by atoms with Gasteiger partial charge in [-0.1, -0.05) is 0 Å². The molecule has 0 aliphatic heterocycles. The summed E-state index contributed by atoms with van der Waals surface area (Å²) in [4.78, 5) is 23.6. The number of phenolic OH excluding ortho intramolecular Hbond substituents is 2. The van der Waals surface area contributed by atoms with Crippen molar-refractivity contribution < 1.29 is 29.6 Å². The third kappa shape index (κ3) is 1.95. The van der Waals surface area contributed by atoms with Gasteiger partial charge < -0.3 is 24.8 Å². The van der Waals surface area contributed by atoms with Gasteiger partial charge in [0.1, 0.15) is 28.1 Å². The number of carboxylic acid groups (broad SMARTS) is 1. The minimum absolute atomic E-state index is 0.0130. The molecule has 2 aromatic carbocycles. The van der Waals surface area contributed by atoms with E-state index < -0.39 is 23.8 Å². The molecule has 22 heavy (non-hydrogen) atoms. The van der Waals surface area contributed by atoms with Crippen LogP contribution < -0.4 is 5.43 Å². The van der Waals surface area contributed by atoms with Crippen LogP contribution in [0.1, 0.15) is 15.9 Å². The maximum atomic E-state index is 12.5. The lowest BCUT2D eigenvalue weighted by Crippen LogP contribution is -2.08. The number of carboxylic acids is 1. The van der Waals surface area contributed by atoms with E-state index in [2.05, 4.69) is 0 Å². The van der Waals surface area contributed by atoms with E-state index in [1.165, 1.54) is 6.07 Å². The number of aromatic hydroxyl groups is 2. The average Bonchev–Trinajstić information content (AvgIpc) is 2.44. The average molecular weight is 302 g/mol. The SMILES string of the molecule is O=C(O)c1cc(CO)c2c(=O)c3c(O)cc(O)cc3oc2c1. The smallest absolute Gasteiger partial charge is 0.335 e. The van der Waals surface area contributed by atoms with Gasteiger partial charge in [-0.3, -0.25) is 4.79 Å². The highest BCUT2D eigenvalue weighted by Gasteiger charge is 2.18. The van der Waals surface area contributed by atoms with Crippen LogP contribution >= 0.6 is 0 Å². The van der Waals surface area contributed by atoms with E-state index in [9.17, 15) is 24.9 Å². The largest absolute Gasteiger partial charge is 0.508 e. The molecule has 0 unspecified atom stereocenters. The number of benzene rings is 2. The highest BCUT2D eigenvalue weighted by Crippen LogP contribution is 2.31. The number of aliphatic hydroxyl groups is 1. The first-order valence-electron chi connectivity index (χ1n) is 6.22. The van der Waals surface area contributed by atoms with Crippen LogP contribution in [0.3, 0.4) is 0 Å². The standard InChI is InChI=1S/C15H10O7/c16-5-7-1-6(15(20)21)2-10-12(7)14(19)13-9(18)3-8(17)4-11(13)22-10/h1-4,16-18H,5H2,(H,20,21). The topological polar surface area (TPSA) is 128 Å². The molecule has 0 radical (unpaired) electrons. The van der Waals surface area contributed by atoms with E-state index in [4.69, 9.17) is 9.52 Å². The molecule has 0 saturated heterocycles. The summed E-state index contributed by atoms with van der Waals surface area (Å²) in [5, 5.41) is 37.6. The number of carbonyl (C=O) groups is 1. The van der Waals surface area contributed by atoms with Crippen LogP contribution in [0.25, 0.3) is 21.9 Å². The van der Waals surface area contributed by atoms with Gasteiger partial charge in [-0.15, -0.1) is 0 Å². The summed E-state index contributed by atoms with van der Waals surface area (Å²) in [6.45, 7) is -0.563. The van der Waals surface area contributed by atoms with Crippen molar-refractivity contribution in [3.05, 3.63) is 45.6 Å². The molecule has 0 aliphatic rings. The van der Waals surface area contributed by atoms with Crippen LogP contribution in [0.2, 0.25) is 0 Å². The quantitative estimate of drug-likeness (QED) is 0.528. The predicted molar refractivity (Wildman–Crippen MR) is 76.2 cm³/mol. The van der Waals surface area contributed by atoms with E-state index in [0.29, 0.717) is 0 Å². The normalized spacial score (nSPS) is 11.1. The van der Waals surface area contributed by atoms with Gasteiger partial charge in [0.15, 0.2) is 0 Å². The van der Waals surface area contributed by atoms with Gasteiger partial charge in [-0.2, -0.15) is 0 Å². The van der Waals surface area contributed by atoms with Gasteiger partial charge in [-0.05, 0) is 17.7 Å². The Kier molecular flexibility index (Phi) is 3.00. The molecule has 0 saturated carbocycles. The highest BCUT2D eigenvalue weighted by molar-refractivity contribution is 5.98. The maximum Gasteiger partial charge on any atom is 0.335 e. The molecule has 3 aromatic rings. The number of hydrogen-bond donors (Lipinski definition) is 4. The molecule has 0 bridgehead atoms. The lowest BCUT2D eigenvalue weighted by molar-refractivity contribution is 0.0696. The second-order valence-corrected chi connectivity index (χ2v) is 4.74. The minimum atomic E-state index is -1.24. The van der Waals surface area contributed by atoms with Crippen molar-refractivity contribution in [3.63, 3.8) is 0 Å². The molecule has 1 heterocycles. The van der Waals surface area contributed by atoms with Crippen molar-refractivity contribution in [2.24, 2.45) is 0 Å². The van der Waals surface area contributed by atoms with Crippen molar-refractivity contribution in [2.75, 3.05) is 0 Å². The van der Waals surface area contributed by atoms with E-state index >= 15 is 0 Å². The molecular weight excluding hydrogens is 292 g/mol. The summed E-state index contributed by atoms with van der Waals surface area (Å²) in [5.41, 5.74) is -0.816. The molecule has 1 aromatic heterocycles. The third-order valence-corrected chi connectivity index (χ3v) is 3.34. The Morgan fingerprint density at radius 2 is 1.73 bits per heavy atom. The molecule has 0 atom stereocenters. The maximum absolute atomic E-state index is 12.5. The zero-order valence-corrected chi connectivity index (χ0v) is 11.0. The molecule has 0 spiro atoms. The Hall–Kier alpha value is -3.06. The monoisotopic (exact) mass is 302 g/mol. The molecule has 7 nitrogen and oxygen atoms in total. The number of aromatic carboxylic acids is 1. The summed E-state index contributed by atoms with van der Waals surface area (Å²) in [6.07, 6.45) is 0. The second kappa shape index (κ2) is 4.74. The minimum Gasteiger partial charge on any atom is -0.508 e. The zero-order valence-electron chi connectivity index (χ0n) is 11.0. The first-order chi connectivity index (χ1) is 10.4. The first kappa shape index (κ1) is 13.9. The summed E-state index contributed by atoms with van der Waals surface area (Å²) in [5.74, 6) is -2.00. The Bertz CT molecular complexity index is 985. The molecule has 3 rings (SSSR count). The van der Waals surface area contributed by atoms with Gasteiger partial charge in [-0.25, -0.2) is 4.79 Å². The van der Waals surface area contributed by atoms with Gasteiger partial charge in [0.25, 0.3) is 0 Å². The van der Waals surface area contributed by atoms with Crippen molar-refractivity contribution in [2.45, 2.75) is 6.61 Å². The zero-order chi connectivity index (χ0) is 16.0. The van der Waals surface area contributed by atoms with Gasteiger partial charge in [0, 0.05) is 12.1 Å². The number of fused-ring (bicyclic) bond motifs is 2. The predicted octanol–water partition coefficient (Wildman–Crippen LogP) is 1.55. The van der Waals surface area contributed by atoms with E-state index in [0.717, 1.165) is 18.2 Å². The molecule has 0 amide bonds. The Labute approximate surface area is 122 Å². The third-order valence-electron chi connectivity index (χ3n) is 3.34. The van der Waals surface area contributed by atoms with E-state index in [1.807, 2.05) is 0 Å². The summed E-state index contributed by atoms with van der Waals surface area (Å²) < 4.78 is 5.43. The van der Waals surface area contributed by atoms with Crippen LogP contribution in [0.4, 0.5) is 0 Å². The number of phenols is 2. The Morgan fingerprint density at radius 3 is 2.36 bits per heavy atom. The van der Waals surface area contributed by atoms with Crippen LogP contribution in [0.5, 0.6) is 11.5 Å². The van der Waals surface area contributed by atoms with Crippen molar-refractivity contribution in [1.29, 1.82) is 0 Å². The summed E-state index contributed by atoms with van der Waals surface area (Å²) in [6, 6.07) is 4.46. The molecule has 112 valence electrons. The fourth-order valence-electron chi connectivity index (χ4n) is 2.40. The van der Waals surface area contributed by atoms with Gasteiger partial charge in [0.05, 0.1) is 17.6 Å². The van der Waals surface area contributed by atoms with Crippen molar-refractivity contribution >= 4 is 27.9 Å². The summed E-state index contributed by atoms with van der Waals surface area (Å²) >= 11 is 0. The molecule has 7 heteroatoms. The highest BCUT2D eigenvalue weighted by atomic mass is 16.4. The van der Waals surface area contributed by atoms with Gasteiger partial charge in [0.2, 0.25) is 5.43 Å². The Morgan fingerprint density at radius 1 is 1.05 bits per heavy atom. The van der Waals surface area contributed by atoms with Crippen LogP contribution in [-0.4, -0.2) is 26.4 Å². The number of aliphatic hydroxyl groups excluding tert-OH is 1. The number of rotatable bonds is 2. The first-order valence-corrected chi connectivity index (χ1v) is 6.22. The lowest BCUT2D eigenvalue weighted by atomic mass is 10.0. The van der Waals surface area contributed by atoms with E-state index in [-0.39, 0.29) is 38.8 Å². The lowest BCUT2D eigenvalue weighted by Gasteiger charge is -2.08. The Balaban J connectivity index is 2.57. The van der Waals surface area contributed by atoms with Crippen molar-refractivity contribution in [1.82, 2.24) is 0 Å². The second-order valence-electron chi connectivity index (χ2n) is 4.74. The van der Waals surface area contributed by atoms with Crippen molar-refractivity contribution in [3.8, 4) is 11.5 Å². The van der Waals surface area contributed by atoms with Gasteiger partial charge >= 0.3 is 5.97 Å². The number of hydrogen-bond acceptors (Lipinski definition) is 6. The fraction of sp³-hybridized carbons (Fsp3) is 0.0667. The van der Waals surface area contributed by atoms with Crippen LogP contribution in [-0.2, 0) is 6.61 Å². The summed E-state index contributed by atoms with van der Waals surface area (Å²) in [7, 11) is 0. The van der Waals surface area contributed by atoms with E-state index in [1.54, 1.807) is 0 Å². The molecular formula is C15H10O7. The van der Waals surface area contributed by atoms with Crippen LogP contribution in [0, 0.1) is 0 Å². The van der Waals surface area contributed by atoms with Crippen LogP contribution in [0.15, 0.2) is 33.5 Å². The fourth-order valence-corrected chi connectivity index (χ4v) is 2.40.